The Morgan fingerprint density at radius 2 is 2.00 bits per heavy atom. The molecule has 2 unspecified atom stereocenters. The van der Waals surface area contributed by atoms with Crippen LogP contribution in [0.1, 0.15) is 29.7 Å². The molecular weight excluding hydrogens is 345 g/mol. The second kappa shape index (κ2) is 5.35. The van der Waals surface area contributed by atoms with Gasteiger partial charge in [-0.2, -0.15) is 0 Å². The smallest absolute Gasteiger partial charge is 0.130 e. The molecule has 0 saturated heterocycles. The van der Waals surface area contributed by atoms with Crippen LogP contribution in [-0.4, -0.2) is 0 Å². The minimum absolute atomic E-state index is 0.195. The van der Waals surface area contributed by atoms with Gasteiger partial charge in [-0.3, -0.25) is 0 Å². The van der Waals surface area contributed by atoms with Crippen molar-refractivity contribution in [1.29, 1.82) is 0 Å². The van der Waals surface area contributed by atoms with Crippen LogP contribution in [0.25, 0.3) is 0 Å². The number of hydrogen-bond acceptors (Lipinski definition) is 2. The highest BCUT2D eigenvalue weighted by Gasteiger charge is 2.29. The van der Waals surface area contributed by atoms with Gasteiger partial charge in [0, 0.05) is 33.1 Å². The van der Waals surface area contributed by atoms with Crippen molar-refractivity contribution in [2.45, 2.75) is 18.6 Å². The van der Waals surface area contributed by atoms with Gasteiger partial charge < -0.3 is 10.5 Å². The molecule has 0 aliphatic carbocycles. The molecule has 0 radical (unpaired) electrons. The molecule has 2 atom stereocenters. The molecule has 0 amide bonds. The van der Waals surface area contributed by atoms with E-state index in [1.54, 1.807) is 6.07 Å². The summed E-state index contributed by atoms with van der Waals surface area (Å²) in [7, 11) is 0. The van der Waals surface area contributed by atoms with Crippen LogP contribution in [0.2, 0.25) is 5.02 Å². The molecule has 2 aromatic rings. The molecule has 0 fully saturated rings. The maximum absolute atomic E-state index is 13.9. The Bertz CT molecular complexity index is 664. The minimum Gasteiger partial charge on any atom is -0.485 e. The van der Waals surface area contributed by atoms with E-state index < -0.39 is 6.10 Å². The molecule has 3 rings (SSSR count). The van der Waals surface area contributed by atoms with E-state index in [1.807, 2.05) is 18.2 Å². The number of benzene rings is 2. The normalized spacial score (nSPS) is 21.2. The van der Waals surface area contributed by atoms with E-state index in [4.69, 9.17) is 22.1 Å². The van der Waals surface area contributed by atoms with Crippen molar-refractivity contribution in [3.63, 3.8) is 0 Å². The lowest BCUT2D eigenvalue weighted by Crippen LogP contribution is -2.24. The van der Waals surface area contributed by atoms with E-state index in [-0.39, 0.29) is 11.9 Å². The summed E-state index contributed by atoms with van der Waals surface area (Å²) < 4.78 is 20.8. The van der Waals surface area contributed by atoms with Crippen LogP contribution in [0.5, 0.6) is 5.75 Å². The van der Waals surface area contributed by atoms with Crippen molar-refractivity contribution in [3.05, 3.63) is 62.8 Å². The number of rotatable bonds is 1. The standard InChI is InChI=1S/C15H12BrClFNO/c16-8-1-4-14-11(5-8)13(19)7-15(20-14)10-6-9(17)2-3-12(10)18/h1-6,13,15H,7,19H2. The molecule has 0 bridgehead atoms. The molecule has 104 valence electrons. The van der Waals surface area contributed by atoms with Crippen LogP contribution in [0.15, 0.2) is 40.9 Å². The van der Waals surface area contributed by atoms with Crippen molar-refractivity contribution in [3.8, 4) is 5.75 Å². The first kappa shape index (κ1) is 13.9. The van der Waals surface area contributed by atoms with Crippen molar-refractivity contribution < 1.29 is 9.13 Å². The van der Waals surface area contributed by atoms with Crippen LogP contribution < -0.4 is 10.5 Å². The van der Waals surface area contributed by atoms with E-state index in [0.717, 1.165) is 10.0 Å². The van der Waals surface area contributed by atoms with E-state index >= 15 is 0 Å². The molecular formula is C15H12BrClFNO. The Morgan fingerprint density at radius 3 is 2.80 bits per heavy atom. The lowest BCUT2D eigenvalue weighted by atomic mass is 9.93. The molecule has 2 nitrogen and oxygen atoms in total. The number of halogens is 3. The maximum Gasteiger partial charge on any atom is 0.130 e. The molecule has 1 aliphatic rings. The zero-order valence-electron chi connectivity index (χ0n) is 10.4. The molecule has 2 aromatic carbocycles. The molecule has 20 heavy (non-hydrogen) atoms. The highest BCUT2D eigenvalue weighted by Crippen LogP contribution is 2.41. The number of hydrogen-bond donors (Lipinski definition) is 1. The van der Waals surface area contributed by atoms with Crippen LogP contribution >= 0.6 is 27.5 Å². The number of fused-ring (bicyclic) bond motifs is 1. The van der Waals surface area contributed by atoms with Gasteiger partial charge in [0.15, 0.2) is 0 Å². The topological polar surface area (TPSA) is 35.2 Å². The predicted molar refractivity (Wildman–Crippen MR) is 80.5 cm³/mol. The predicted octanol–water partition coefficient (Wildman–Crippen LogP) is 4.77. The summed E-state index contributed by atoms with van der Waals surface area (Å²) in [6.45, 7) is 0. The largest absolute Gasteiger partial charge is 0.485 e. The van der Waals surface area contributed by atoms with E-state index in [2.05, 4.69) is 15.9 Å². The molecule has 1 aliphatic heterocycles. The third kappa shape index (κ3) is 2.55. The second-order valence-electron chi connectivity index (χ2n) is 4.80. The zero-order chi connectivity index (χ0) is 14.3. The Labute approximate surface area is 129 Å². The fourth-order valence-corrected chi connectivity index (χ4v) is 2.99. The molecule has 0 aromatic heterocycles. The molecule has 5 heteroatoms. The van der Waals surface area contributed by atoms with Crippen molar-refractivity contribution in [2.75, 3.05) is 0 Å². The number of ether oxygens (including phenoxy) is 1. The van der Waals surface area contributed by atoms with Crippen molar-refractivity contribution >= 4 is 27.5 Å². The van der Waals surface area contributed by atoms with Gasteiger partial charge in [0.1, 0.15) is 17.7 Å². The molecule has 2 N–H and O–H groups in total. The van der Waals surface area contributed by atoms with Crippen LogP contribution in [-0.2, 0) is 0 Å². The quantitative estimate of drug-likeness (QED) is 0.799. The van der Waals surface area contributed by atoms with Gasteiger partial charge in [-0.05, 0) is 36.4 Å². The summed E-state index contributed by atoms with van der Waals surface area (Å²) in [6, 6.07) is 9.93. The Balaban J connectivity index is 1.99. The summed E-state index contributed by atoms with van der Waals surface area (Å²) in [5.74, 6) is 0.364. The maximum atomic E-state index is 13.9. The average Bonchev–Trinajstić information content (AvgIpc) is 2.42. The van der Waals surface area contributed by atoms with Gasteiger partial charge in [-0.1, -0.05) is 27.5 Å². The molecule has 0 spiro atoms. The third-order valence-corrected chi connectivity index (χ3v) is 4.14. The summed E-state index contributed by atoms with van der Waals surface area (Å²) in [5, 5.41) is 0.486. The van der Waals surface area contributed by atoms with Gasteiger partial charge in [0.2, 0.25) is 0 Å². The lowest BCUT2D eigenvalue weighted by Gasteiger charge is -2.31. The van der Waals surface area contributed by atoms with E-state index in [1.165, 1.54) is 12.1 Å². The van der Waals surface area contributed by atoms with E-state index in [0.29, 0.717) is 22.8 Å². The number of nitrogens with two attached hydrogens (primary N) is 1. The molecule has 0 saturated carbocycles. The van der Waals surface area contributed by atoms with Gasteiger partial charge in [0.05, 0.1) is 0 Å². The Morgan fingerprint density at radius 1 is 1.20 bits per heavy atom. The summed E-state index contributed by atoms with van der Waals surface area (Å²) >= 11 is 9.34. The first-order valence-electron chi connectivity index (χ1n) is 6.21. The van der Waals surface area contributed by atoms with Gasteiger partial charge in [0.25, 0.3) is 0 Å². The zero-order valence-corrected chi connectivity index (χ0v) is 12.8. The van der Waals surface area contributed by atoms with Crippen LogP contribution in [0, 0.1) is 5.82 Å². The average molecular weight is 357 g/mol. The highest BCUT2D eigenvalue weighted by molar-refractivity contribution is 9.10. The Kier molecular flexibility index (Phi) is 3.71. The van der Waals surface area contributed by atoms with Gasteiger partial charge in [-0.15, -0.1) is 0 Å². The summed E-state index contributed by atoms with van der Waals surface area (Å²) in [6.07, 6.45) is 0.0955. The minimum atomic E-state index is -0.419. The summed E-state index contributed by atoms with van der Waals surface area (Å²) in [4.78, 5) is 0. The summed E-state index contributed by atoms with van der Waals surface area (Å²) in [5.41, 5.74) is 7.55. The van der Waals surface area contributed by atoms with Crippen molar-refractivity contribution in [2.24, 2.45) is 5.73 Å². The first-order chi connectivity index (χ1) is 9.54. The SMILES string of the molecule is NC1CC(c2cc(Cl)ccc2F)Oc2ccc(Br)cc21. The van der Waals surface area contributed by atoms with Crippen LogP contribution in [0.3, 0.4) is 0 Å². The Hall–Kier alpha value is -1.10. The third-order valence-electron chi connectivity index (χ3n) is 3.41. The molecule has 1 heterocycles. The van der Waals surface area contributed by atoms with E-state index in [9.17, 15) is 4.39 Å². The fraction of sp³-hybridized carbons (Fsp3) is 0.200. The fourth-order valence-electron chi connectivity index (χ4n) is 2.43. The van der Waals surface area contributed by atoms with Gasteiger partial charge >= 0.3 is 0 Å². The van der Waals surface area contributed by atoms with Crippen molar-refractivity contribution in [1.82, 2.24) is 0 Å². The monoisotopic (exact) mass is 355 g/mol. The first-order valence-corrected chi connectivity index (χ1v) is 7.38. The van der Waals surface area contributed by atoms with Gasteiger partial charge in [-0.25, -0.2) is 4.39 Å². The lowest BCUT2D eigenvalue weighted by molar-refractivity contribution is 0.157. The highest BCUT2D eigenvalue weighted by atomic mass is 79.9. The second-order valence-corrected chi connectivity index (χ2v) is 6.15. The van der Waals surface area contributed by atoms with Crippen LogP contribution in [0.4, 0.5) is 4.39 Å².